The van der Waals surface area contributed by atoms with E-state index in [4.69, 9.17) is 5.73 Å². The third kappa shape index (κ3) is 1.46. The fourth-order valence-corrected chi connectivity index (χ4v) is 1.03. The van der Waals surface area contributed by atoms with Crippen LogP contribution in [0.15, 0.2) is 0 Å². The molecule has 1 heterocycles. The number of likely N-dealkylation sites (tertiary alicyclic amines) is 1. The monoisotopic (exact) mass is 116 g/mol. The molecule has 0 aromatic rings. The van der Waals surface area contributed by atoms with Crippen LogP contribution in [0.1, 0.15) is 14.3 Å². The standard InChI is InChI=1S/C6H14N2.H2/c1-8-4-2-6(7)3-5-8;/h6H,2-5,7H2,1H3;1H. The van der Waals surface area contributed by atoms with Gasteiger partial charge in [0, 0.05) is 7.47 Å². The average molecular weight is 116 g/mol. The fourth-order valence-electron chi connectivity index (χ4n) is 1.03. The van der Waals surface area contributed by atoms with E-state index in [-0.39, 0.29) is 1.43 Å². The molecule has 1 fully saturated rings. The topological polar surface area (TPSA) is 29.3 Å². The molecular weight excluding hydrogens is 100 g/mol. The summed E-state index contributed by atoms with van der Waals surface area (Å²) in [6.07, 6.45) is 2.35. The zero-order chi connectivity index (χ0) is 5.98. The van der Waals surface area contributed by atoms with Gasteiger partial charge in [0.1, 0.15) is 0 Å². The minimum Gasteiger partial charge on any atom is -0.328 e. The van der Waals surface area contributed by atoms with Gasteiger partial charge in [-0.05, 0) is 33.0 Å². The Hall–Kier alpha value is -0.0800. The molecular formula is C6H16N2. The molecule has 0 saturated carbocycles. The lowest BCUT2D eigenvalue weighted by atomic mass is 10.1. The van der Waals surface area contributed by atoms with Crippen LogP contribution in [-0.2, 0) is 0 Å². The van der Waals surface area contributed by atoms with Crippen molar-refractivity contribution in [3.8, 4) is 0 Å². The van der Waals surface area contributed by atoms with E-state index in [0.717, 1.165) is 0 Å². The van der Waals surface area contributed by atoms with Crippen molar-refractivity contribution in [2.75, 3.05) is 20.1 Å². The molecule has 2 N–H and O–H groups in total. The molecule has 0 radical (unpaired) electrons. The molecule has 8 heavy (non-hydrogen) atoms. The van der Waals surface area contributed by atoms with Crippen LogP contribution in [0.4, 0.5) is 0 Å². The third-order valence-electron chi connectivity index (χ3n) is 1.76. The first-order chi connectivity index (χ1) is 3.79. The Morgan fingerprint density at radius 2 is 2.00 bits per heavy atom. The molecule has 2 heteroatoms. The Kier molecular flexibility index (Phi) is 1.86. The van der Waals surface area contributed by atoms with E-state index in [1.165, 1.54) is 25.9 Å². The largest absolute Gasteiger partial charge is 0.328 e. The zero-order valence-electron chi connectivity index (χ0n) is 5.43. The first-order valence-electron chi connectivity index (χ1n) is 3.23. The maximum absolute atomic E-state index is 5.67. The Bertz CT molecular complexity index is 59.5. The highest BCUT2D eigenvalue weighted by atomic mass is 15.1. The van der Waals surface area contributed by atoms with Crippen molar-refractivity contribution in [2.24, 2.45) is 5.73 Å². The fraction of sp³-hybridized carbons (Fsp3) is 1.00. The molecule has 0 aliphatic carbocycles. The van der Waals surface area contributed by atoms with Crippen LogP contribution < -0.4 is 5.73 Å². The van der Waals surface area contributed by atoms with Gasteiger partial charge in [-0.25, -0.2) is 0 Å². The number of hydrogen-bond acceptors (Lipinski definition) is 2. The zero-order valence-corrected chi connectivity index (χ0v) is 5.43. The highest BCUT2D eigenvalue weighted by Crippen LogP contribution is 2.04. The van der Waals surface area contributed by atoms with E-state index in [1.54, 1.807) is 0 Å². The molecule has 0 bridgehead atoms. The Morgan fingerprint density at radius 1 is 1.50 bits per heavy atom. The lowest BCUT2D eigenvalue weighted by molar-refractivity contribution is 0.256. The second-order valence-electron chi connectivity index (χ2n) is 2.64. The van der Waals surface area contributed by atoms with E-state index in [9.17, 15) is 0 Å². The summed E-state index contributed by atoms with van der Waals surface area (Å²) in [6.45, 7) is 2.36. The Balaban J connectivity index is 0.000000640. The Morgan fingerprint density at radius 3 is 2.38 bits per heavy atom. The van der Waals surface area contributed by atoms with Gasteiger partial charge in [0.05, 0.1) is 0 Å². The molecule has 0 amide bonds. The maximum Gasteiger partial charge on any atom is 0.00631 e. The SMILES string of the molecule is CN1CCC(N)CC1.[HH]. The third-order valence-corrected chi connectivity index (χ3v) is 1.76. The maximum atomic E-state index is 5.67. The quantitative estimate of drug-likeness (QED) is 0.493. The van der Waals surface area contributed by atoms with Gasteiger partial charge in [-0.1, -0.05) is 0 Å². The lowest BCUT2D eigenvalue weighted by Gasteiger charge is -2.25. The molecule has 1 aliphatic heterocycles. The highest BCUT2D eigenvalue weighted by Gasteiger charge is 2.10. The van der Waals surface area contributed by atoms with Crippen LogP contribution in [0.5, 0.6) is 0 Å². The van der Waals surface area contributed by atoms with Crippen molar-refractivity contribution in [2.45, 2.75) is 18.9 Å². The van der Waals surface area contributed by atoms with E-state index < -0.39 is 0 Å². The summed E-state index contributed by atoms with van der Waals surface area (Å²) in [4.78, 5) is 2.32. The van der Waals surface area contributed by atoms with Crippen molar-refractivity contribution < 1.29 is 1.43 Å². The van der Waals surface area contributed by atoms with Gasteiger partial charge in [0.15, 0.2) is 0 Å². The second-order valence-corrected chi connectivity index (χ2v) is 2.64. The highest BCUT2D eigenvalue weighted by molar-refractivity contribution is 4.70. The van der Waals surface area contributed by atoms with Gasteiger partial charge in [-0.2, -0.15) is 0 Å². The summed E-state index contributed by atoms with van der Waals surface area (Å²) >= 11 is 0. The van der Waals surface area contributed by atoms with Gasteiger partial charge in [0.2, 0.25) is 0 Å². The number of hydrogen-bond donors (Lipinski definition) is 1. The molecule has 2 nitrogen and oxygen atoms in total. The summed E-state index contributed by atoms with van der Waals surface area (Å²) in [7, 11) is 2.14. The van der Waals surface area contributed by atoms with Crippen LogP contribution in [0.25, 0.3) is 0 Å². The smallest absolute Gasteiger partial charge is 0.00631 e. The van der Waals surface area contributed by atoms with Crippen LogP contribution in [0, 0.1) is 0 Å². The van der Waals surface area contributed by atoms with Crippen molar-refractivity contribution >= 4 is 0 Å². The molecule has 0 spiro atoms. The predicted molar refractivity (Wildman–Crippen MR) is 36.8 cm³/mol. The molecule has 1 saturated heterocycles. The van der Waals surface area contributed by atoms with Gasteiger partial charge < -0.3 is 10.6 Å². The molecule has 0 unspecified atom stereocenters. The van der Waals surface area contributed by atoms with Gasteiger partial charge >= 0.3 is 0 Å². The number of nitrogens with zero attached hydrogens (tertiary/aromatic N) is 1. The van der Waals surface area contributed by atoms with Crippen LogP contribution in [0.2, 0.25) is 0 Å². The van der Waals surface area contributed by atoms with Gasteiger partial charge in [0.25, 0.3) is 0 Å². The number of rotatable bonds is 0. The summed E-state index contributed by atoms with van der Waals surface area (Å²) in [5, 5.41) is 0. The van der Waals surface area contributed by atoms with E-state index in [2.05, 4.69) is 11.9 Å². The molecule has 1 aliphatic rings. The summed E-state index contributed by atoms with van der Waals surface area (Å²) in [6, 6.07) is 0.478. The normalized spacial score (nSPS) is 26.2. The average Bonchev–Trinajstić information content (AvgIpc) is 1.77. The van der Waals surface area contributed by atoms with Crippen molar-refractivity contribution in [3.63, 3.8) is 0 Å². The molecule has 1 rings (SSSR count). The van der Waals surface area contributed by atoms with E-state index >= 15 is 0 Å². The molecule has 0 atom stereocenters. The minimum absolute atomic E-state index is 0. The number of nitrogens with two attached hydrogens (primary N) is 1. The van der Waals surface area contributed by atoms with Crippen LogP contribution in [0.3, 0.4) is 0 Å². The minimum atomic E-state index is 0. The van der Waals surface area contributed by atoms with E-state index in [0.29, 0.717) is 6.04 Å². The summed E-state index contributed by atoms with van der Waals surface area (Å²) in [5.41, 5.74) is 5.67. The van der Waals surface area contributed by atoms with Gasteiger partial charge in [-0.3, -0.25) is 0 Å². The lowest BCUT2D eigenvalue weighted by Crippen LogP contribution is -2.37. The summed E-state index contributed by atoms with van der Waals surface area (Å²) in [5.74, 6) is 0. The van der Waals surface area contributed by atoms with E-state index in [1.807, 2.05) is 0 Å². The second kappa shape index (κ2) is 2.46. The summed E-state index contributed by atoms with van der Waals surface area (Å²) < 4.78 is 0. The number of piperidine rings is 1. The van der Waals surface area contributed by atoms with Crippen LogP contribution in [-0.4, -0.2) is 31.1 Å². The van der Waals surface area contributed by atoms with Gasteiger partial charge in [-0.15, -0.1) is 0 Å². The molecule has 0 aromatic heterocycles. The first-order valence-corrected chi connectivity index (χ1v) is 3.23. The molecule has 0 aromatic carbocycles. The van der Waals surface area contributed by atoms with Crippen LogP contribution >= 0.6 is 0 Å². The van der Waals surface area contributed by atoms with Crippen molar-refractivity contribution in [1.82, 2.24) is 4.90 Å². The van der Waals surface area contributed by atoms with Crippen molar-refractivity contribution in [1.29, 1.82) is 0 Å². The molecule has 50 valence electrons. The predicted octanol–water partition coefficient (Wildman–Crippen LogP) is 0.285. The Labute approximate surface area is 52.1 Å². The first kappa shape index (κ1) is 6.05. The van der Waals surface area contributed by atoms with Crippen molar-refractivity contribution in [3.05, 3.63) is 0 Å².